The highest BCUT2D eigenvalue weighted by Gasteiger charge is 2.02. The number of nitrogens with two attached hydrogens (primary N) is 1. The number of hydrogen-bond donors (Lipinski definition) is 2. The van der Waals surface area contributed by atoms with Crippen LogP contribution in [-0.4, -0.2) is 19.1 Å². The Labute approximate surface area is 95.8 Å². The normalized spacial score (nSPS) is 10.1. The van der Waals surface area contributed by atoms with Gasteiger partial charge >= 0.3 is 5.97 Å². The standard InChI is InChI=1S/C12H18N2O2/c1-3-16-12(15)8-14-7-10-6-9(2)4-5-11(10)13/h4-6,14H,3,7-8,13H2,1-2H3. The van der Waals surface area contributed by atoms with Crippen molar-refractivity contribution in [2.75, 3.05) is 18.9 Å². The third-order valence-electron chi connectivity index (χ3n) is 2.19. The van der Waals surface area contributed by atoms with Crippen molar-refractivity contribution in [3.8, 4) is 0 Å². The van der Waals surface area contributed by atoms with Crippen LogP contribution in [0.3, 0.4) is 0 Å². The molecule has 0 aliphatic carbocycles. The van der Waals surface area contributed by atoms with Crippen molar-refractivity contribution >= 4 is 11.7 Å². The minimum atomic E-state index is -0.242. The molecule has 0 fully saturated rings. The summed E-state index contributed by atoms with van der Waals surface area (Å²) in [5, 5.41) is 3.00. The topological polar surface area (TPSA) is 64.3 Å². The van der Waals surface area contributed by atoms with Gasteiger partial charge in [0.25, 0.3) is 0 Å². The van der Waals surface area contributed by atoms with Crippen LogP contribution in [0.25, 0.3) is 0 Å². The Bertz CT molecular complexity index is 364. The van der Waals surface area contributed by atoms with E-state index in [2.05, 4.69) is 5.32 Å². The third kappa shape index (κ3) is 3.90. The molecular formula is C12H18N2O2. The van der Waals surface area contributed by atoms with Gasteiger partial charge in [0.2, 0.25) is 0 Å². The average Bonchev–Trinajstić information content (AvgIpc) is 2.23. The van der Waals surface area contributed by atoms with E-state index in [9.17, 15) is 4.79 Å². The molecule has 4 heteroatoms. The summed E-state index contributed by atoms with van der Waals surface area (Å²) in [6.07, 6.45) is 0. The maximum Gasteiger partial charge on any atom is 0.319 e. The summed E-state index contributed by atoms with van der Waals surface area (Å²) in [5.74, 6) is -0.242. The maximum absolute atomic E-state index is 11.1. The van der Waals surface area contributed by atoms with Crippen LogP contribution in [0.15, 0.2) is 18.2 Å². The Morgan fingerprint density at radius 2 is 2.25 bits per heavy atom. The van der Waals surface area contributed by atoms with Crippen molar-refractivity contribution in [2.24, 2.45) is 0 Å². The van der Waals surface area contributed by atoms with E-state index in [-0.39, 0.29) is 12.5 Å². The van der Waals surface area contributed by atoms with E-state index in [4.69, 9.17) is 10.5 Å². The second kappa shape index (κ2) is 6.12. The number of nitrogens with one attached hydrogen (secondary N) is 1. The summed E-state index contributed by atoms with van der Waals surface area (Å²) in [5.41, 5.74) is 8.71. The Morgan fingerprint density at radius 3 is 2.94 bits per heavy atom. The van der Waals surface area contributed by atoms with E-state index < -0.39 is 0 Å². The molecule has 0 saturated heterocycles. The number of nitrogen functional groups attached to an aromatic ring is 1. The quantitative estimate of drug-likeness (QED) is 0.581. The van der Waals surface area contributed by atoms with Crippen LogP contribution in [0, 0.1) is 6.92 Å². The first kappa shape index (κ1) is 12.5. The van der Waals surface area contributed by atoms with Crippen LogP contribution >= 0.6 is 0 Å². The molecule has 1 aromatic carbocycles. The first-order valence-corrected chi connectivity index (χ1v) is 5.34. The molecule has 0 aliphatic heterocycles. The van der Waals surface area contributed by atoms with Gasteiger partial charge in [0.15, 0.2) is 0 Å². The molecule has 0 saturated carbocycles. The number of benzene rings is 1. The van der Waals surface area contributed by atoms with Crippen LogP contribution in [0.2, 0.25) is 0 Å². The van der Waals surface area contributed by atoms with E-state index in [1.807, 2.05) is 25.1 Å². The minimum absolute atomic E-state index is 0.210. The lowest BCUT2D eigenvalue weighted by Gasteiger charge is -2.08. The predicted octanol–water partition coefficient (Wildman–Crippen LogP) is 1.23. The lowest BCUT2D eigenvalue weighted by molar-refractivity contribution is -0.142. The van der Waals surface area contributed by atoms with Gasteiger partial charge in [-0.3, -0.25) is 4.79 Å². The number of hydrogen-bond acceptors (Lipinski definition) is 4. The van der Waals surface area contributed by atoms with Crippen LogP contribution in [0.4, 0.5) is 5.69 Å². The number of carbonyl (C=O) groups excluding carboxylic acids is 1. The number of aryl methyl sites for hydroxylation is 1. The molecule has 0 aliphatic rings. The van der Waals surface area contributed by atoms with Crippen LogP contribution in [0.1, 0.15) is 18.1 Å². The van der Waals surface area contributed by atoms with Crippen molar-refractivity contribution in [1.29, 1.82) is 0 Å². The van der Waals surface area contributed by atoms with Crippen molar-refractivity contribution in [2.45, 2.75) is 20.4 Å². The fourth-order valence-electron chi connectivity index (χ4n) is 1.40. The van der Waals surface area contributed by atoms with E-state index in [0.717, 1.165) is 16.8 Å². The summed E-state index contributed by atoms with van der Waals surface area (Å²) >= 11 is 0. The highest BCUT2D eigenvalue weighted by atomic mass is 16.5. The zero-order chi connectivity index (χ0) is 12.0. The van der Waals surface area contributed by atoms with Gasteiger partial charge in [-0.05, 0) is 25.5 Å². The van der Waals surface area contributed by atoms with E-state index >= 15 is 0 Å². The molecule has 0 aromatic heterocycles. The highest BCUT2D eigenvalue weighted by molar-refractivity contribution is 5.71. The second-order valence-corrected chi connectivity index (χ2v) is 3.61. The molecule has 0 amide bonds. The van der Waals surface area contributed by atoms with Gasteiger partial charge in [-0.2, -0.15) is 0 Å². The van der Waals surface area contributed by atoms with E-state index in [1.54, 1.807) is 6.92 Å². The molecule has 1 rings (SSSR count). The number of carbonyl (C=O) groups is 1. The van der Waals surface area contributed by atoms with Crippen LogP contribution < -0.4 is 11.1 Å². The lowest BCUT2D eigenvalue weighted by atomic mass is 10.1. The Morgan fingerprint density at radius 1 is 1.50 bits per heavy atom. The molecule has 0 radical (unpaired) electrons. The summed E-state index contributed by atoms with van der Waals surface area (Å²) in [7, 11) is 0. The zero-order valence-corrected chi connectivity index (χ0v) is 9.75. The average molecular weight is 222 g/mol. The predicted molar refractivity (Wildman–Crippen MR) is 63.9 cm³/mol. The van der Waals surface area contributed by atoms with Gasteiger partial charge < -0.3 is 15.8 Å². The molecule has 3 N–H and O–H groups in total. The lowest BCUT2D eigenvalue weighted by Crippen LogP contribution is -2.24. The summed E-state index contributed by atoms with van der Waals surface area (Å²) < 4.78 is 4.80. The van der Waals surface area contributed by atoms with Gasteiger partial charge in [-0.1, -0.05) is 17.7 Å². The van der Waals surface area contributed by atoms with Crippen LogP contribution in [-0.2, 0) is 16.1 Å². The van der Waals surface area contributed by atoms with E-state index in [1.165, 1.54) is 0 Å². The number of anilines is 1. The first-order valence-electron chi connectivity index (χ1n) is 5.34. The van der Waals surface area contributed by atoms with Crippen molar-refractivity contribution in [1.82, 2.24) is 5.32 Å². The second-order valence-electron chi connectivity index (χ2n) is 3.61. The summed E-state index contributed by atoms with van der Waals surface area (Å²) in [4.78, 5) is 11.1. The maximum atomic E-state index is 11.1. The largest absolute Gasteiger partial charge is 0.465 e. The molecule has 1 aromatic rings. The minimum Gasteiger partial charge on any atom is -0.465 e. The molecule has 4 nitrogen and oxygen atoms in total. The summed E-state index contributed by atoms with van der Waals surface area (Å²) in [6, 6.07) is 5.84. The van der Waals surface area contributed by atoms with Gasteiger partial charge in [0.05, 0.1) is 13.2 Å². The van der Waals surface area contributed by atoms with Crippen molar-refractivity contribution in [3.63, 3.8) is 0 Å². The Balaban J connectivity index is 2.42. The molecule has 88 valence electrons. The van der Waals surface area contributed by atoms with Gasteiger partial charge in [0, 0.05) is 12.2 Å². The fourth-order valence-corrected chi connectivity index (χ4v) is 1.40. The van der Waals surface area contributed by atoms with E-state index in [0.29, 0.717) is 13.2 Å². The number of esters is 1. The van der Waals surface area contributed by atoms with Gasteiger partial charge in [-0.15, -0.1) is 0 Å². The first-order chi connectivity index (χ1) is 7.63. The monoisotopic (exact) mass is 222 g/mol. The molecule has 0 atom stereocenters. The van der Waals surface area contributed by atoms with Crippen molar-refractivity contribution in [3.05, 3.63) is 29.3 Å². The summed E-state index contributed by atoms with van der Waals surface area (Å²) in [6.45, 7) is 4.99. The molecule has 16 heavy (non-hydrogen) atoms. The Kier molecular flexibility index (Phi) is 4.79. The number of ether oxygens (including phenoxy) is 1. The Hall–Kier alpha value is -1.55. The molecule has 0 spiro atoms. The van der Waals surface area contributed by atoms with Gasteiger partial charge in [0.1, 0.15) is 0 Å². The SMILES string of the molecule is CCOC(=O)CNCc1cc(C)ccc1N. The fraction of sp³-hybridized carbons (Fsp3) is 0.417. The van der Waals surface area contributed by atoms with Gasteiger partial charge in [-0.25, -0.2) is 0 Å². The number of rotatable bonds is 5. The smallest absolute Gasteiger partial charge is 0.319 e. The highest BCUT2D eigenvalue weighted by Crippen LogP contribution is 2.12. The molecular weight excluding hydrogens is 204 g/mol. The molecule has 0 heterocycles. The zero-order valence-electron chi connectivity index (χ0n) is 9.75. The third-order valence-corrected chi connectivity index (χ3v) is 2.19. The molecule has 0 bridgehead atoms. The molecule has 0 unspecified atom stereocenters. The van der Waals surface area contributed by atoms with Crippen molar-refractivity contribution < 1.29 is 9.53 Å². The van der Waals surface area contributed by atoms with Crippen LogP contribution in [0.5, 0.6) is 0 Å².